The number of nitrogens with zero attached hydrogens (tertiary/aromatic N) is 1. The maximum Gasteiger partial charge on any atom is 0.268 e. The van der Waals surface area contributed by atoms with Gasteiger partial charge < -0.3 is 24.3 Å². The van der Waals surface area contributed by atoms with Gasteiger partial charge in [-0.05, 0) is 31.5 Å². The molecule has 2 aromatic rings. The minimum atomic E-state index is -0.760. The van der Waals surface area contributed by atoms with Gasteiger partial charge in [0.05, 0.1) is 27.0 Å². The molecule has 2 amide bonds. The van der Waals surface area contributed by atoms with Crippen molar-refractivity contribution in [3.8, 4) is 23.0 Å². The summed E-state index contributed by atoms with van der Waals surface area (Å²) in [6.45, 7) is 3.28. The van der Waals surface area contributed by atoms with Crippen LogP contribution in [0.1, 0.15) is 37.0 Å². The fraction of sp³-hybridized carbons (Fsp3) is 0.375. The molecule has 1 aliphatic heterocycles. The van der Waals surface area contributed by atoms with E-state index in [-0.39, 0.29) is 18.2 Å². The van der Waals surface area contributed by atoms with Crippen LogP contribution in [-0.2, 0) is 9.59 Å². The van der Waals surface area contributed by atoms with Crippen LogP contribution in [0.5, 0.6) is 23.0 Å². The summed E-state index contributed by atoms with van der Waals surface area (Å²) in [6, 6.07) is 8.12. The van der Waals surface area contributed by atoms with Crippen LogP contribution in [0.2, 0.25) is 0 Å². The third kappa shape index (κ3) is 5.02. The zero-order valence-corrected chi connectivity index (χ0v) is 19.4. The molecule has 0 aliphatic carbocycles. The number of amides is 2. The summed E-state index contributed by atoms with van der Waals surface area (Å²) in [6.07, 6.45) is 0.346. The van der Waals surface area contributed by atoms with Crippen molar-refractivity contribution >= 4 is 29.0 Å². The van der Waals surface area contributed by atoms with E-state index in [4.69, 9.17) is 18.9 Å². The van der Waals surface area contributed by atoms with Crippen LogP contribution in [-0.4, -0.2) is 51.6 Å². The van der Waals surface area contributed by atoms with Crippen molar-refractivity contribution in [1.82, 2.24) is 0 Å². The Bertz CT molecular complexity index is 1040. The molecule has 0 saturated carbocycles. The quantitative estimate of drug-likeness (QED) is 0.577. The van der Waals surface area contributed by atoms with E-state index >= 15 is 0 Å². The van der Waals surface area contributed by atoms with Crippen molar-refractivity contribution < 1.29 is 33.3 Å². The van der Waals surface area contributed by atoms with Crippen LogP contribution in [0.4, 0.5) is 11.4 Å². The number of benzene rings is 2. The number of nitrogens with one attached hydrogen (secondary N) is 1. The molecule has 0 radical (unpaired) electrons. The normalized spacial score (nSPS) is 14.8. The van der Waals surface area contributed by atoms with E-state index < -0.39 is 12.0 Å². The van der Waals surface area contributed by atoms with Gasteiger partial charge >= 0.3 is 0 Å². The predicted octanol–water partition coefficient (Wildman–Crippen LogP) is 3.45. The van der Waals surface area contributed by atoms with Gasteiger partial charge in [0.1, 0.15) is 12.3 Å². The summed E-state index contributed by atoms with van der Waals surface area (Å²) >= 11 is 0. The van der Waals surface area contributed by atoms with Gasteiger partial charge in [0, 0.05) is 29.8 Å². The number of anilines is 2. The number of methoxy groups -OCH3 is 3. The monoisotopic (exact) mass is 456 g/mol. The Balaban J connectivity index is 1.87. The highest BCUT2D eigenvalue weighted by Gasteiger charge is 2.33. The molecule has 0 spiro atoms. The lowest BCUT2D eigenvalue weighted by atomic mass is 10.0. The molecule has 33 heavy (non-hydrogen) atoms. The molecule has 0 bridgehead atoms. The highest BCUT2D eigenvalue weighted by molar-refractivity contribution is 6.07. The Hall–Kier alpha value is -3.75. The molecule has 1 unspecified atom stereocenters. The van der Waals surface area contributed by atoms with Gasteiger partial charge in [-0.25, -0.2) is 0 Å². The zero-order chi connectivity index (χ0) is 24.1. The molecule has 0 aromatic heterocycles. The number of ketones is 1. The zero-order valence-electron chi connectivity index (χ0n) is 19.4. The van der Waals surface area contributed by atoms with Crippen LogP contribution < -0.4 is 29.2 Å². The van der Waals surface area contributed by atoms with Crippen molar-refractivity contribution in [3.63, 3.8) is 0 Å². The van der Waals surface area contributed by atoms with Crippen molar-refractivity contribution in [3.05, 3.63) is 35.9 Å². The third-order valence-corrected chi connectivity index (χ3v) is 5.22. The molecule has 1 aliphatic rings. The lowest BCUT2D eigenvalue weighted by Crippen LogP contribution is -2.47. The van der Waals surface area contributed by atoms with Gasteiger partial charge in [-0.3, -0.25) is 19.3 Å². The first kappa shape index (κ1) is 23.9. The average Bonchev–Trinajstić information content (AvgIpc) is 2.81. The Kier molecular flexibility index (Phi) is 7.42. The second-order valence-corrected chi connectivity index (χ2v) is 7.50. The smallest absolute Gasteiger partial charge is 0.268 e. The number of ether oxygens (including phenoxy) is 4. The Morgan fingerprint density at radius 1 is 1.06 bits per heavy atom. The molecule has 0 fully saturated rings. The number of carbonyl (C=O) groups is 3. The number of fused-ring (bicyclic) bond motifs is 1. The lowest BCUT2D eigenvalue weighted by molar-refractivity contribution is -0.127. The third-order valence-electron chi connectivity index (χ3n) is 5.22. The van der Waals surface area contributed by atoms with Gasteiger partial charge in [0.15, 0.2) is 23.4 Å². The maximum atomic E-state index is 12.9. The minimum absolute atomic E-state index is 0.0341. The number of carbonyl (C=O) groups excluding carboxylic acids is 3. The van der Waals surface area contributed by atoms with Crippen LogP contribution in [0.25, 0.3) is 0 Å². The molecular weight excluding hydrogens is 428 g/mol. The number of Topliss-reactive ketones (excluding diaryl/α,β-unsaturated/α-hetero) is 1. The Morgan fingerprint density at radius 3 is 2.30 bits per heavy atom. The highest BCUT2D eigenvalue weighted by Crippen LogP contribution is 2.40. The summed E-state index contributed by atoms with van der Waals surface area (Å²) in [5, 5.41) is 2.76. The van der Waals surface area contributed by atoms with Crippen molar-refractivity contribution in [2.45, 2.75) is 32.8 Å². The first-order chi connectivity index (χ1) is 15.8. The summed E-state index contributed by atoms with van der Waals surface area (Å²) in [4.78, 5) is 39.4. The Labute approximate surface area is 192 Å². The summed E-state index contributed by atoms with van der Waals surface area (Å²) in [7, 11) is 4.44. The van der Waals surface area contributed by atoms with E-state index in [1.54, 1.807) is 37.3 Å². The van der Waals surface area contributed by atoms with E-state index in [1.165, 1.54) is 26.2 Å². The van der Waals surface area contributed by atoms with E-state index in [1.807, 2.05) is 6.92 Å². The van der Waals surface area contributed by atoms with Gasteiger partial charge in [-0.1, -0.05) is 6.92 Å². The number of rotatable bonds is 9. The maximum absolute atomic E-state index is 12.9. The van der Waals surface area contributed by atoms with E-state index in [9.17, 15) is 14.4 Å². The molecule has 1 atom stereocenters. The van der Waals surface area contributed by atoms with Crippen molar-refractivity contribution in [1.29, 1.82) is 0 Å². The van der Waals surface area contributed by atoms with Crippen LogP contribution in [0.15, 0.2) is 30.3 Å². The SMILES string of the molecule is CCCC(=O)c1ccc2c(c1)N(CC(=O)Nc1cc(OC)c(OC)c(OC)c1)C(=O)C(C)O2. The largest absolute Gasteiger partial charge is 0.493 e. The standard InChI is InChI=1S/C24H28N2O7/c1-6-7-18(27)15-8-9-19-17(10-15)26(24(29)14(2)33-19)13-22(28)25-16-11-20(30-3)23(32-5)21(12-16)31-4/h8-12,14H,6-7,13H2,1-5H3,(H,25,28). The second kappa shape index (κ2) is 10.2. The van der Waals surface area contributed by atoms with Crippen molar-refractivity contribution in [2.75, 3.05) is 38.1 Å². The fourth-order valence-corrected chi connectivity index (χ4v) is 3.61. The Morgan fingerprint density at radius 2 is 1.73 bits per heavy atom. The van der Waals surface area contributed by atoms with E-state index in [2.05, 4.69) is 5.32 Å². The molecule has 0 saturated heterocycles. The summed E-state index contributed by atoms with van der Waals surface area (Å²) in [5.74, 6) is 0.753. The van der Waals surface area contributed by atoms with E-state index in [0.717, 1.165) is 0 Å². The van der Waals surface area contributed by atoms with Crippen molar-refractivity contribution in [2.24, 2.45) is 0 Å². The fourth-order valence-electron chi connectivity index (χ4n) is 3.61. The molecule has 3 rings (SSSR count). The van der Waals surface area contributed by atoms with Crippen LogP contribution >= 0.6 is 0 Å². The number of hydrogen-bond acceptors (Lipinski definition) is 7. The molecule has 2 aromatic carbocycles. The summed E-state index contributed by atoms with van der Waals surface area (Å²) < 4.78 is 21.6. The van der Waals surface area contributed by atoms with Gasteiger partial charge in [0.2, 0.25) is 11.7 Å². The topological polar surface area (TPSA) is 103 Å². The predicted molar refractivity (Wildman–Crippen MR) is 123 cm³/mol. The second-order valence-electron chi connectivity index (χ2n) is 7.50. The molecular formula is C24H28N2O7. The molecule has 176 valence electrons. The first-order valence-corrected chi connectivity index (χ1v) is 10.6. The van der Waals surface area contributed by atoms with Gasteiger partial charge in [0.25, 0.3) is 5.91 Å². The summed E-state index contributed by atoms with van der Waals surface area (Å²) in [5.41, 5.74) is 1.27. The van der Waals surface area contributed by atoms with Gasteiger partial charge in [-0.2, -0.15) is 0 Å². The number of hydrogen-bond donors (Lipinski definition) is 1. The average molecular weight is 456 g/mol. The van der Waals surface area contributed by atoms with Gasteiger partial charge in [-0.15, -0.1) is 0 Å². The first-order valence-electron chi connectivity index (χ1n) is 10.6. The molecule has 1 heterocycles. The highest BCUT2D eigenvalue weighted by atomic mass is 16.5. The molecule has 9 nitrogen and oxygen atoms in total. The lowest BCUT2D eigenvalue weighted by Gasteiger charge is -2.32. The van der Waals surface area contributed by atoms with Crippen LogP contribution in [0, 0.1) is 0 Å². The molecule has 1 N–H and O–H groups in total. The minimum Gasteiger partial charge on any atom is -0.493 e. The van der Waals surface area contributed by atoms with E-state index in [0.29, 0.717) is 52.8 Å². The molecule has 9 heteroatoms. The van der Waals surface area contributed by atoms with Crippen LogP contribution in [0.3, 0.4) is 0 Å².